The molecule has 1 heteroatoms. The minimum Gasteiger partial charge on any atom is -0.303 e. The van der Waals surface area contributed by atoms with Gasteiger partial charge in [0.1, 0.15) is 6.29 Å². The third-order valence-electron chi connectivity index (χ3n) is 3.57. The molecule has 0 amide bonds. The van der Waals surface area contributed by atoms with Crippen LogP contribution >= 0.6 is 0 Å². The van der Waals surface area contributed by atoms with E-state index in [1.807, 2.05) is 0 Å². The van der Waals surface area contributed by atoms with E-state index in [0.717, 1.165) is 25.5 Å². The Morgan fingerprint density at radius 1 is 0.556 bits per heavy atom. The monoisotopic (exact) mass is 253 g/mol. The Morgan fingerprint density at radius 3 is 1.22 bits per heavy atom. The van der Waals surface area contributed by atoms with Gasteiger partial charge in [-0.3, -0.25) is 0 Å². The van der Waals surface area contributed by atoms with E-state index in [4.69, 9.17) is 0 Å². The summed E-state index contributed by atoms with van der Waals surface area (Å²) < 4.78 is 0. The lowest BCUT2D eigenvalue weighted by molar-refractivity contribution is -0.107. The Morgan fingerprint density at radius 2 is 0.889 bits per heavy atom. The standard InChI is InChI=1S/C17H33O/c1-2-3-4-5-6-7-8-9-10-11-12-13-14-15-16-17-18/h17H,1-16H2. The molecule has 107 valence electrons. The highest BCUT2D eigenvalue weighted by Gasteiger charge is 1.93. The van der Waals surface area contributed by atoms with Gasteiger partial charge in [0, 0.05) is 6.42 Å². The fourth-order valence-corrected chi connectivity index (χ4v) is 2.35. The zero-order valence-corrected chi connectivity index (χ0v) is 12.3. The molecule has 0 fully saturated rings. The molecule has 0 bridgehead atoms. The van der Waals surface area contributed by atoms with Crippen molar-refractivity contribution in [1.29, 1.82) is 0 Å². The van der Waals surface area contributed by atoms with Crippen molar-refractivity contribution in [3.63, 3.8) is 0 Å². The van der Waals surface area contributed by atoms with Gasteiger partial charge in [0.2, 0.25) is 0 Å². The first-order chi connectivity index (χ1) is 8.91. The van der Waals surface area contributed by atoms with E-state index in [2.05, 4.69) is 6.92 Å². The molecule has 0 unspecified atom stereocenters. The smallest absolute Gasteiger partial charge is 0.119 e. The van der Waals surface area contributed by atoms with Crippen LogP contribution in [0.2, 0.25) is 0 Å². The fourth-order valence-electron chi connectivity index (χ4n) is 2.35. The predicted molar refractivity (Wildman–Crippen MR) is 80.7 cm³/mol. The molecule has 1 nitrogen and oxygen atoms in total. The summed E-state index contributed by atoms with van der Waals surface area (Å²) in [4.78, 5) is 10.1. The number of hydrogen-bond acceptors (Lipinski definition) is 1. The van der Waals surface area contributed by atoms with Crippen molar-refractivity contribution in [1.82, 2.24) is 0 Å². The lowest BCUT2D eigenvalue weighted by Crippen LogP contribution is -1.83. The summed E-state index contributed by atoms with van der Waals surface area (Å²) in [5, 5.41) is 0. The number of carbonyl (C=O) groups excluding carboxylic acids is 1. The topological polar surface area (TPSA) is 17.1 Å². The number of aldehydes is 1. The highest BCUT2D eigenvalue weighted by Crippen LogP contribution is 2.12. The number of rotatable bonds is 15. The van der Waals surface area contributed by atoms with Crippen LogP contribution in [0.4, 0.5) is 0 Å². The van der Waals surface area contributed by atoms with Crippen molar-refractivity contribution in [3.8, 4) is 0 Å². The molecular formula is C17H33O. The van der Waals surface area contributed by atoms with Gasteiger partial charge in [-0.1, -0.05) is 90.4 Å². The molecule has 0 spiro atoms. The summed E-state index contributed by atoms with van der Waals surface area (Å²) in [6.45, 7) is 3.87. The lowest BCUT2D eigenvalue weighted by atomic mass is 10.0. The van der Waals surface area contributed by atoms with E-state index in [-0.39, 0.29) is 0 Å². The second kappa shape index (κ2) is 16.7. The van der Waals surface area contributed by atoms with Gasteiger partial charge >= 0.3 is 0 Å². The molecule has 1 radical (unpaired) electrons. The molecule has 0 aliphatic heterocycles. The van der Waals surface area contributed by atoms with E-state index in [0.29, 0.717) is 0 Å². The average molecular weight is 253 g/mol. The van der Waals surface area contributed by atoms with E-state index in [9.17, 15) is 4.79 Å². The molecule has 0 heterocycles. The molecular weight excluding hydrogens is 220 g/mol. The molecule has 0 saturated heterocycles. The fraction of sp³-hybridized carbons (Fsp3) is 0.882. The van der Waals surface area contributed by atoms with E-state index in [1.54, 1.807) is 0 Å². The summed E-state index contributed by atoms with van der Waals surface area (Å²) >= 11 is 0. The van der Waals surface area contributed by atoms with Crippen molar-refractivity contribution >= 4 is 6.29 Å². The second-order valence-electron chi connectivity index (χ2n) is 5.41. The first-order valence-electron chi connectivity index (χ1n) is 8.14. The first-order valence-corrected chi connectivity index (χ1v) is 8.14. The molecule has 18 heavy (non-hydrogen) atoms. The van der Waals surface area contributed by atoms with Crippen molar-refractivity contribution in [2.24, 2.45) is 0 Å². The molecule has 0 saturated carbocycles. The van der Waals surface area contributed by atoms with Gasteiger partial charge in [-0.15, -0.1) is 0 Å². The minimum atomic E-state index is 0.758. The van der Waals surface area contributed by atoms with Gasteiger partial charge in [-0.2, -0.15) is 0 Å². The molecule has 0 N–H and O–H groups in total. The van der Waals surface area contributed by atoms with Crippen LogP contribution in [0.25, 0.3) is 0 Å². The first kappa shape index (κ1) is 17.7. The van der Waals surface area contributed by atoms with Crippen LogP contribution in [0, 0.1) is 6.92 Å². The molecule has 0 aromatic carbocycles. The van der Waals surface area contributed by atoms with Gasteiger partial charge < -0.3 is 4.79 Å². The third-order valence-corrected chi connectivity index (χ3v) is 3.57. The van der Waals surface area contributed by atoms with Crippen LogP contribution in [0.15, 0.2) is 0 Å². The highest BCUT2D eigenvalue weighted by atomic mass is 16.1. The van der Waals surface area contributed by atoms with E-state index in [1.165, 1.54) is 77.0 Å². The Labute approximate surface area is 115 Å². The largest absolute Gasteiger partial charge is 0.303 e. The van der Waals surface area contributed by atoms with Gasteiger partial charge in [-0.25, -0.2) is 0 Å². The average Bonchev–Trinajstić information content (AvgIpc) is 2.39. The van der Waals surface area contributed by atoms with E-state index >= 15 is 0 Å². The van der Waals surface area contributed by atoms with Crippen LogP contribution in [0.3, 0.4) is 0 Å². The number of unbranched alkanes of at least 4 members (excludes halogenated alkanes) is 14. The number of hydrogen-bond donors (Lipinski definition) is 0. The molecule has 0 aliphatic carbocycles. The minimum absolute atomic E-state index is 0.758. The summed E-state index contributed by atoms with van der Waals surface area (Å²) in [5.74, 6) is 0. The normalized spacial score (nSPS) is 10.7. The third kappa shape index (κ3) is 15.7. The maximum absolute atomic E-state index is 10.1. The summed E-state index contributed by atoms with van der Waals surface area (Å²) in [7, 11) is 0. The van der Waals surface area contributed by atoms with Gasteiger partial charge in [0.15, 0.2) is 0 Å². The van der Waals surface area contributed by atoms with Crippen LogP contribution < -0.4 is 0 Å². The van der Waals surface area contributed by atoms with Crippen molar-refractivity contribution in [2.75, 3.05) is 0 Å². The Balaban J connectivity index is 2.88. The SMILES string of the molecule is [CH2]CCCCCCCCCCCCCCCC=O. The summed E-state index contributed by atoms with van der Waals surface area (Å²) in [5.41, 5.74) is 0. The molecule has 0 aliphatic rings. The van der Waals surface area contributed by atoms with Crippen molar-refractivity contribution in [3.05, 3.63) is 6.92 Å². The summed E-state index contributed by atoms with van der Waals surface area (Å²) in [6.07, 6.45) is 20.5. The highest BCUT2D eigenvalue weighted by molar-refractivity contribution is 5.48. The molecule has 0 aromatic rings. The predicted octanol–water partition coefficient (Wildman–Crippen LogP) is 5.87. The Bertz CT molecular complexity index is 154. The zero-order chi connectivity index (χ0) is 13.3. The van der Waals surface area contributed by atoms with Crippen LogP contribution in [0.1, 0.15) is 96.3 Å². The van der Waals surface area contributed by atoms with Gasteiger partial charge in [0.05, 0.1) is 0 Å². The zero-order valence-electron chi connectivity index (χ0n) is 12.3. The molecule has 0 atom stereocenters. The lowest BCUT2D eigenvalue weighted by Gasteiger charge is -2.02. The Hall–Kier alpha value is -0.330. The second-order valence-corrected chi connectivity index (χ2v) is 5.41. The molecule has 0 rings (SSSR count). The Kier molecular flexibility index (Phi) is 16.4. The molecule has 0 aromatic heterocycles. The van der Waals surface area contributed by atoms with Crippen molar-refractivity contribution < 1.29 is 4.79 Å². The van der Waals surface area contributed by atoms with Crippen LogP contribution in [-0.4, -0.2) is 6.29 Å². The maximum atomic E-state index is 10.1. The number of carbonyl (C=O) groups is 1. The van der Waals surface area contributed by atoms with Crippen LogP contribution in [0.5, 0.6) is 0 Å². The quantitative estimate of drug-likeness (QED) is 0.263. The van der Waals surface area contributed by atoms with Crippen LogP contribution in [-0.2, 0) is 4.79 Å². The van der Waals surface area contributed by atoms with Gasteiger partial charge in [0.25, 0.3) is 0 Å². The summed E-state index contributed by atoms with van der Waals surface area (Å²) in [6, 6.07) is 0. The van der Waals surface area contributed by atoms with Gasteiger partial charge in [-0.05, 0) is 6.42 Å². The van der Waals surface area contributed by atoms with E-state index < -0.39 is 0 Å². The van der Waals surface area contributed by atoms with Crippen molar-refractivity contribution in [2.45, 2.75) is 96.3 Å². The maximum Gasteiger partial charge on any atom is 0.119 e.